The van der Waals surface area contributed by atoms with Crippen LogP contribution in [0.4, 0.5) is 4.79 Å². The highest BCUT2D eigenvalue weighted by molar-refractivity contribution is 5.92. The summed E-state index contributed by atoms with van der Waals surface area (Å²) in [5.41, 5.74) is 5.96. The summed E-state index contributed by atoms with van der Waals surface area (Å²) in [6.07, 6.45) is -0.246. The number of benzene rings is 1. The van der Waals surface area contributed by atoms with Crippen molar-refractivity contribution in [2.24, 2.45) is 11.7 Å². The van der Waals surface area contributed by atoms with Crippen LogP contribution in [0.15, 0.2) is 30.3 Å². The van der Waals surface area contributed by atoms with Crippen molar-refractivity contribution in [2.45, 2.75) is 70.7 Å². The van der Waals surface area contributed by atoms with E-state index in [-0.39, 0.29) is 50.5 Å². The number of aldehydes is 1. The van der Waals surface area contributed by atoms with E-state index in [0.717, 1.165) is 5.56 Å². The maximum absolute atomic E-state index is 13.1. The van der Waals surface area contributed by atoms with Crippen LogP contribution in [0.5, 0.6) is 0 Å². The monoisotopic (exact) mass is 533 g/mol. The van der Waals surface area contributed by atoms with Gasteiger partial charge in [0.1, 0.15) is 25.0 Å². The zero-order chi connectivity index (χ0) is 28.7. The van der Waals surface area contributed by atoms with Gasteiger partial charge in [-0.15, -0.1) is 0 Å². The average molecular weight is 534 g/mol. The molecule has 12 heteroatoms. The second-order valence-electron chi connectivity index (χ2n) is 9.53. The third kappa shape index (κ3) is 12.8. The standard InChI is InChI=1S/C26H39N5O7/c1-17(2)14-21(25(36)28-19(15-32)10-13-23(34)31(3)4)29-24(35)20(11-12-22(27)33)30-26(37)38-16-18-8-6-5-7-9-18/h5-9,15,17,19-21H,10-14,16H2,1-4H3,(H2,27,33)(H,28,36)(H,29,35)(H,30,37)/t19-,20-,21-/m0/s1. The maximum Gasteiger partial charge on any atom is 0.408 e. The van der Waals surface area contributed by atoms with Gasteiger partial charge in [-0.25, -0.2) is 4.79 Å². The highest BCUT2D eigenvalue weighted by Crippen LogP contribution is 2.09. The number of carbonyl (C=O) groups excluding carboxylic acids is 6. The number of hydrogen-bond acceptors (Lipinski definition) is 7. The minimum atomic E-state index is -1.20. The molecule has 0 spiro atoms. The molecule has 0 aliphatic carbocycles. The van der Waals surface area contributed by atoms with Crippen molar-refractivity contribution in [1.82, 2.24) is 20.9 Å². The van der Waals surface area contributed by atoms with Gasteiger partial charge in [-0.3, -0.25) is 19.2 Å². The minimum Gasteiger partial charge on any atom is -0.445 e. The Bertz CT molecular complexity index is 953. The van der Waals surface area contributed by atoms with Gasteiger partial charge in [0.15, 0.2) is 0 Å². The Morgan fingerprint density at radius 3 is 2.11 bits per heavy atom. The number of alkyl carbamates (subject to hydrolysis) is 1. The summed E-state index contributed by atoms with van der Waals surface area (Å²) in [6, 6.07) is 5.77. The Hall–Kier alpha value is -3.96. The van der Waals surface area contributed by atoms with Crippen molar-refractivity contribution in [3.63, 3.8) is 0 Å². The summed E-state index contributed by atoms with van der Waals surface area (Å²) in [7, 11) is 3.18. The van der Waals surface area contributed by atoms with Gasteiger partial charge < -0.3 is 36.1 Å². The number of primary amides is 1. The van der Waals surface area contributed by atoms with E-state index in [2.05, 4.69) is 16.0 Å². The van der Waals surface area contributed by atoms with Crippen LogP contribution in [0.3, 0.4) is 0 Å². The van der Waals surface area contributed by atoms with Gasteiger partial charge in [-0.2, -0.15) is 0 Å². The SMILES string of the molecule is CC(C)C[C@H](NC(=O)[C@H](CCC(N)=O)NC(=O)OCc1ccccc1)C(=O)N[C@H](C=O)CCC(=O)N(C)C. The van der Waals surface area contributed by atoms with E-state index in [1.807, 2.05) is 19.9 Å². The van der Waals surface area contributed by atoms with Crippen LogP contribution >= 0.6 is 0 Å². The normalized spacial score (nSPS) is 13.0. The average Bonchev–Trinajstić information content (AvgIpc) is 2.86. The predicted octanol–water partition coefficient (Wildman–Crippen LogP) is 0.630. The van der Waals surface area contributed by atoms with Crippen LogP contribution < -0.4 is 21.7 Å². The summed E-state index contributed by atoms with van der Waals surface area (Å²) < 4.78 is 5.17. The van der Waals surface area contributed by atoms with E-state index in [1.165, 1.54) is 4.90 Å². The number of hydrogen-bond donors (Lipinski definition) is 4. The Morgan fingerprint density at radius 2 is 1.55 bits per heavy atom. The lowest BCUT2D eigenvalue weighted by Crippen LogP contribution is -2.55. The van der Waals surface area contributed by atoms with Gasteiger partial charge >= 0.3 is 6.09 Å². The first-order valence-corrected chi connectivity index (χ1v) is 12.4. The molecule has 210 valence electrons. The van der Waals surface area contributed by atoms with Gasteiger partial charge in [-0.05, 0) is 30.7 Å². The molecule has 0 fully saturated rings. The van der Waals surface area contributed by atoms with Gasteiger partial charge in [0.2, 0.25) is 23.6 Å². The fraction of sp³-hybridized carbons (Fsp3) is 0.538. The molecule has 0 aliphatic rings. The van der Waals surface area contributed by atoms with Crippen molar-refractivity contribution >= 4 is 36.0 Å². The van der Waals surface area contributed by atoms with Crippen molar-refractivity contribution in [3.8, 4) is 0 Å². The van der Waals surface area contributed by atoms with Gasteiger partial charge in [0, 0.05) is 26.9 Å². The highest BCUT2D eigenvalue weighted by atomic mass is 16.5. The molecule has 12 nitrogen and oxygen atoms in total. The lowest BCUT2D eigenvalue weighted by Gasteiger charge is -2.25. The number of amides is 5. The van der Waals surface area contributed by atoms with Gasteiger partial charge in [0.05, 0.1) is 6.04 Å². The fourth-order valence-corrected chi connectivity index (χ4v) is 3.40. The second-order valence-corrected chi connectivity index (χ2v) is 9.53. The number of nitrogens with one attached hydrogen (secondary N) is 3. The number of rotatable bonds is 16. The molecule has 0 radical (unpaired) electrons. The van der Waals surface area contributed by atoms with Crippen LogP contribution in [0.25, 0.3) is 0 Å². The zero-order valence-corrected chi connectivity index (χ0v) is 22.4. The lowest BCUT2D eigenvalue weighted by molar-refractivity contribution is -0.132. The maximum atomic E-state index is 13.1. The smallest absolute Gasteiger partial charge is 0.408 e. The van der Waals surface area contributed by atoms with E-state index >= 15 is 0 Å². The van der Waals surface area contributed by atoms with Crippen molar-refractivity contribution < 1.29 is 33.5 Å². The van der Waals surface area contributed by atoms with Crippen LogP contribution in [-0.4, -0.2) is 73.1 Å². The molecule has 0 saturated heterocycles. The molecule has 0 unspecified atom stereocenters. The highest BCUT2D eigenvalue weighted by Gasteiger charge is 2.29. The Labute approximate surface area is 223 Å². The first-order chi connectivity index (χ1) is 17.9. The van der Waals surface area contributed by atoms with Crippen LogP contribution in [0.1, 0.15) is 51.5 Å². The number of carbonyl (C=O) groups is 6. The number of nitrogens with two attached hydrogens (primary N) is 1. The minimum absolute atomic E-state index is 0.0103. The quantitative estimate of drug-likeness (QED) is 0.225. The first kappa shape index (κ1) is 32.1. The number of nitrogens with zero attached hydrogens (tertiary/aromatic N) is 1. The van der Waals surface area contributed by atoms with Gasteiger partial charge in [0.25, 0.3) is 0 Å². The molecule has 1 aromatic carbocycles. The van der Waals surface area contributed by atoms with E-state index in [4.69, 9.17) is 10.5 Å². The van der Waals surface area contributed by atoms with Crippen molar-refractivity contribution in [3.05, 3.63) is 35.9 Å². The molecule has 0 bridgehead atoms. The molecule has 38 heavy (non-hydrogen) atoms. The summed E-state index contributed by atoms with van der Waals surface area (Å²) in [6.45, 7) is 3.67. The molecule has 0 heterocycles. The third-order valence-electron chi connectivity index (χ3n) is 5.50. The van der Waals surface area contributed by atoms with Crippen LogP contribution in [-0.2, 0) is 35.3 Å². The Morgan fingerprint density at radius 1 is 0.921 bits per heavy atom. The van der Waals surface area contributed by atoms with Crippen molar-refractivity contribution in [1.29, 1.82) is 0 Å². The molecule has 0 aromatic heterocycles. The topological polar surface area (TPSA) is 177 Å². The predicted molar refractivity (Wildman–Crippen MR) is 139 cm³/mol. The summed E-state index contributed by atoms with van der Waals surface area (Å²) in [4.78, 5) is 74.4. The molecule has 0 saturated carbocycles. The fourth-order valence-electron chi connectivity index (χ4n) is 3.40. The molecule has 3 atom stereocenters. The molecule has 1 aromatic rings. The summed E-state index contributed by atoms with van der Waals surface area (Å²) in [5.74, 6) is -2.19. The van der Waals surface area contributed by atoms with E-state index in [0.29, 0.717) is 6.29 Å². The second kappa shape index (κ2) is 16.7. The summed E-state index contributed by atoms with van der Waals surface area (Å²) >= 11 is 0. The Balaban J connectivity index is 2.88. The molecule has 0 aliphatic heterocycles. The van der Waals surface area contributed by atoms with Crippen LogP contribution in [0.2, 0.25) is 0 Å². The molecular formula is C26H39N5O7. The first-order valence-electron chi connectivity index (χ1n) is 12.4. The third-order valence-corrected chi connectivity index (χ3v) is 5.50. The number of ether oxygens (including phenoxy) is 1. The molecule has 5 amide bonds. The van der Waals surface area contributed by atoms with E-state index in [1.54, 1.807) is 38.4 Å². The Kier molecular flexibility index (Phi) is 14.1. The van der Waals surface area contributed by atoms with E-state index in [9.17, 15) is 28.8 Å². The van der Waals surface area contributed by atoms with Crippen molar-refractivity contribution in [2.75, 3.05) is 14.1 Å². The zero-order valence-electron chi connectivity index (χ0n) is 22.4. The molecule has 1 rings (SSSR count). The van der Waals surface area contributed by atoms with Crippen LogP contribution in [0, 0.1) is 5.92 Å². The van der Waals surface area contributed by atoms with Gasteiger partial charge in [-0.1, -0.05) is 44.2 Å². The summed E-state index contributed by atoms with van der Waals surface area (Å²) in [5, 5.41) is 7.59. The largest absolute Gasteiger partial charge is 0.445 e. The van der Waals surface area contributed by atoms with E-state index < -0.39 is 41.9 Å². The molecular weight excluding hydrogens is 494 g/mol. The lowest BCUT2D eigenvalue weighted by atomic mass is 10.0. The molecule has 5 N–H and O–H groups in total.